The fraction of sp³-hybridized carbons (Fsp3) is 0.333. The summed E-state index contributed by atoms with van der Waals surface area (Å²) in [6.45, 7) is 8.85. The van der Waals surface area contributed by atoms with Crippen LogP contribution in [0, 0.1) is 27.7 Å². The average molecular weight is 304 g/mol. The lowest BCUT2D eigenvalue weighted by atomic mass is 10.2. The van der Waals surface area contributed by atoms with Gasteiger partial charge in [-0.3, -0.25) is 0 Å². The SMILES string of the molecule is CSc1cc(C)c([S+](C)c2cc(C)ccc2C)cc1C. The van der Waals surface area contributed by atoms with E-state index in [1.807, 2.05) is 11.8 Å². The third-order valence-corrected chi connectivity index (χ3v) is 6.77. The normalized spacial score (nSPS) is 12.5. The Bertz CT molecular complexity index is 630. The summed E-state index contributed by atoms with van der Waals surface area (Å²) in [4.78, 5) is 4.35. The van der Waals surface area contributed by atoms with Gasteiger partial charge in [-0.2, -0.15) is 0 Å². The number of hydrogen-bond acceptors (Lipinski definition) is 1. The van der Waals surface area contributed by atoms with Crippen molar-refractivity contribution in [2.75, 3.05) is 12.5 Å². The van der Waals surface area contributed by atoms with E-state index >= 15 is 0 Å². The molecule has 2 aromatic rings. The van der Waals surface area contributed by atoms with E-state index in [1.165, 1.54) is 36.9 Å². The van der Waals surface area contributed by atoms with Crippen LogP contribution in [0.2, 0.25) is 0 Å². The molecule has 0 bridgehead atoms. The number of hydrogen-bond donors (Lipinski definition) is 0. The maximum absolute atomic E-state index is 2.38. The van der Waals surface area contributed by atoms with Gasteiger partial charge in [-0.25, -0.2) is 0 Å². The number of thioether (sulfide) groups is 1. The van der Waals surface area contributed by atoms with E-state index in [0.717, 1.165) is 0 Å². The highest BCUT2D eigenvalue weighted by atomic mass is 32.2. The molecule has 0 heterocycles. The van der Waals surface area contributed by atoms with Gasteiger partial charge in [0.2, 0.25) is 0 Å². The summed E-state index contributed by atoms with van der Waals surface area (Å²) in [6.07, 6.45) is 4.50. The maximum atomic E-state index is 2.38. The van der Waals surface area contributed by atoms with Gasteiger partial charge in [-0.1, -0.05) is 12.1 Å². The molecule has 0 fully saturated rings. The molecule has 0 amide bonds. The van der Waals surface area contributed by atoms with E-state index in [-0.39, 0.29) is 10.9 Å². The Morgan fingerprint density at radius 2 is 1.45 bits per heavy atom. The Hall–Kier alpha value is -0.860. The highest BCUT2D eigenvalue weighted by Gasteiger charge is 2.24. The van der Waals surface area contributed by atoms with Crippen molar-refractivity contribution < 1.29 is 0 Å². The van der Waals surface area contributed by atoms with Gasteiger partial charge in [0.1, 0.15) is 6.26 Å². The van der Waals surface area contributed by atoms with Gasteiger partial charge in [0.05, 0.1) is 10.9 Å². The molecule has 20 heavy (non-hydrogen) atoms. The van der Waals surface area contributed by atoms with Crippen LogP contribution in [0.3, 0.4) is 0 Å². The second kappa shape index (κ2) is 6.28. The molecule has 0 aromatic heterocycles. The van der Waals surface area contributed by atoms with Crippen molar-refractivity contribution in [1.82, 2.24) is 0 Å². The molecule has 0 saturated heterocycles. The first kappa shape index (κ1) is 15.5. The molecule has 2 rings (SSSR count). The van der Waals surface area contributed by atoms with Crippen molar-refractivity contribution in [2.24, 2.45) is 0 Å². The first-order chi connectivity index (χ1) is 9.43. The predicted molar refractivity (Wildman–Crippen MR) is 93.4 cm³/mol. The fourth-order valence-corrected chi connectivity index (χ4v) is 5.19. The van der Waals surface area contributed by atoms with Gasteiger partial charge >= 0.3 is 0 Å². The Kier molecular flexibility index (Phi) is 4.87. The molecule has 106 valence electrons. The van der Waals surface area contributed by atoms with Crippen molar-refractivity contribution in [3.05, 3.63) is 52.6 Å². The molecule has 0 saturated carbocycles. The maximum Gasteiger partial charge on any atom is 0.163 e. The van der Waals surface area contributed by atoms with Crippen molar-refractivity contribution in [2.45, 2.75) is 42.4 Å². The number of rotatable bonds is 3. The van der Waals surface area contributed by atoms with Gasteiger partial charge in [-0.15, -0.1) is 11.8 Å². The highest BCUT2D eigenvalue weighted by molar-refractivity contribution is 7.98. The van der Waals surface area contributed by atoms with Crippen LogP contribution >= 0.6 is 11.8 Å². The zero-order valence-electron chi connectivity index (χ0n) is 13.2. The van der Waals surface area contributed by atoms with Crippen molar-refractivity contribution in [1.29, 1.82) is 0 Å². The Morgan fingerprint density at radius 3 is 2.10 bits per heavy atom. The molecule has 2 aromatic carbocycles. The first-order valence-electron chi connectivity index (χ1n) is 6.82. The van der Waals surface area contributed by atoms with Gasteiger partial charge in [0, 0.05) is 16.0 Å². The standard InChI is InChI=1S/C18H23S2/c1-12-7-8-13(2)17(9-12)20(6)18-11-14(3)16(19-5)10-15(18)4/h7-11H,1-6H3/q+1. The van der Waals surface area contributed by atoms with Crippen molar-refractivity contribution in [3.8, 4) is 0 Å². The lowest BCUT2D eigenvalue weighted by Crippen LogP contribution is -2.06. The molecule has 0 aliphatic carbocycles. The summed E-state index contributed by atoms with van der Waals surface area (Å²) < 4.78 is 0. The minimum atomic E-state index is 0.140. The summed E-state index contributed by atoms with van der Waals surface area (Å²) in [6, 6.07) is 11.5. The molecular formula is C18H23S2+. The molecule has 0 aliphatic heterocycles. The molecule has 1 atom stereocenters. The minimum absolute atomic E-state index is 0.140. The second-order valence-electron chi connectivity index (χ2n) is 5.37. The summed E-state index contributed by atoms with van der Waals surface area (Å²) in [5.74, 6) is 0. The summed E-state index contributed by atoms with van der Waals surface area (Å²) in [5.41, 5.74) is 5.54. The van der Waals surface area contributed by atoms with Crippen LogP contribution in [0.15, 0.2) is 45.0 Å². The van der Waals surface area contributed by atoms with E-state index < -0.39 is 0 Å². The summed E-state index contributed by atoms with van der Waals surface area (Å²) >= 11 is 1.83. The van der Waals surface area contributed by atoms with Crippen molar-refractivity contribution >= 4 is 22.7 Å². The van der Waals surface area contributed by atoms with Gasteiger partial charge in [-0.05, 0) is 63.3 Å². The molecule has 0 aliphatic rings. The van der Waals surface area contributed by atoms with Crippen LogP contribution in [0.25, 0.3) is 0 Å². The minimum Gasteiger partial charge on any atom is -0.129 e. The molecule has 2 heteroatoms. The van der Waals surface area contributed by atoms with E-state index in [4.69, 9.17) is 0 Å². The molecule has 1 unspecified atom stereocenters. The van der Waals surface area contributed by atoms with E-state index in [9.17, 15) is 0 Å². The third-order valence-electron chi connectivity index (χ3n) is 3.70. The molecule has 0 spiro atoms. The number of aryl methyl sites for hydroxylation is 4. The van der Waals surface area contributed by atoms with E-state index in [1.54, 1.807) is 0 Å². The predicted octanol–water partition coefficient (Wildman–Crippen LogP) is 5.31. The highest BCUT2D eigenvalue weighted by Crippen LogP contribution is 2.31. The fourth-order valence-electron chi connectivity index (χ4n) is 2.47. The Balaban J connectivity index is 2.50. The molecular weight excluding hydrogens is 280 g/mol. The first-order valence-corrected chi connectivity index (χ1v) is 9.68. The van der Waals surface area contributed by atoms with Crippen molar-refractivity contribution in [3.63, 3.8) is 0 Å². The number of benzene rings is 2. The van der Waals surface area contributed by atoms with E-state index in [0.29, 0.717) is 0 Å². The van der Waals surface area contributed by atoms with Gasteiger partial charge < -0.3 is 0 Å². The topological polar surface area (TPSA) is 0 Å². The lowest BCUT2D eigenvalue weighted by Gasteiger charge is -2.11. The third kappa shape index (κ3) is 3.07. The van der Waals surface area contributed by atoms with Gasteiger partial charge in [0.15, 0.2) is 9.79 Å². The largest absolute Gasteiger partial charge is 0.163 e. The monoisotopic (exact) mass is 303 g/mol. The zero-order valence-corrected chi connectivity index (χ0v) is 14.8. The van der Waals surface area contributed by atoms with Crippen LogP contribution in [0.4, 0.5) is 0 Å². The average Bonchev–Trinajstić information content (AvgIpc) is 2.42. The smallest absolute Gasteiger partial charge is 0.129 e. The summed E-state index contributed by atoms with van der Waals surface area (Å²) in [5, 5.41) is 0. The van der Waals surface area contributed by atoms with E-state index in [2.05, 4.69) is 70.5 Å². The quantitative estimate of drug-likeness (QED) is 0.547. The lowest BCUT2D eigenvalue weighted by molar-refractivity contribution is 1.16. The Morgan fingerprint density at radius 1 is 0.800 bits per heavy atom. The molecule has 0 radical (unpaired) electrons. The summed E-state index contributed by atoms with van der Waals surface area (Å²) in [7, 11) is 0.140. The van der Waals surface area contributed by atoms with Crippen LogP contribution in [-0.4, -0.2) is 12.5 Å². The zero-order chi connectivity index (χ0) is 14.9. The van der Waals surface area contributed by atoms with Gasteiger partial charge in [0.25, 0.3) is 0 Å². The van der Waals surface area contributed by atoms with Crippen LogP contribution in [-0.2, 0) is 10.9 Å². The van der Waals surface area contributed by atoms with Crippen LogP contribution < -0.4 is 0 Å². The molecule has 0 N–H and O–H groups in total. The Labute approximate surface area is 130 Å². The van der Waals surface area contributed by atoms with Crippen LogP contribution in [0.1, 0.15) is 22.3 Å². The molecule has 0 nitrogen and oxygen atoms in total. The van der Waals surface area contributed by atoms with Crippen LogP contribution in [0.5, 0.6) is 0 Å². The second-order valence-corrected chi connectivity index (χ2v) is 8.11.